The minimum absolute atomic E-state index is 0.740. The Hall–Kier alpha value is -1.00. The van der Waals surface area contributed by atoms with Crippen molar-refractivity contribution in [3.05, 3.63) is 35.5 Å². The van der Waals surface area contributed by atoms with Crippen LogP contribution in [0.4, 0.5) is 0 Å². The number of halogens is 1. The summed E-state index contributed by atoms with van der Waals surface area (Å²) >= 11 is 7.29. The van der Waals surface area contributed by atoms with Crippen LogP contribution >= 0.6 is 23.4 Å². The molecule has 13 heavy (non-hydrogen) atoms. The molecule has 0 aliphatic heterocycles. The third-order valence-corrected chi connectivity index (χ3v) is 2.59. The number of nitrogens with zero attached hydrogens (tertiary/aromatic N) is 2. The van der Waals surface area contributed by atoms with Gasteiger partial charge in [0.15, 0.2) is 0 Å². The normalized spacial score (nSPS) is 10.2. The molecule has 1 heterocycles. The Balaban J connectivity index is 2.15. The van der Waals surface area contributed by atoms with Gasteiger partial charge in [-0.3, -0.25) is 0 Å². The first kappa shape index (κ1) is 8.59. The first-order valence-electron chi connectivity index (χ1n) is 3.64. The smallest absolute Gasteiger partial charge is 0.143 e. The molecule has 0 spiro atoms. The molecule has 1 aromatic heterocycles. The largest absolute Gasteiger partial charge is 0.197 e. The summed E-state index contributed by atoms with van der Waals surface area (Å²) in [6, 6.07) is 7.59. The van der Waals surface area contributed by atoms with Crippen LogP contribution < -0.4 is 0 Å². The lowest BCUT2D eigenvalue weighted by Crippen LogP contribution is -1.73. The summed E-state index contributed by atoms with van der Waals surface area (Å²) < 4.78 is 0. The van der Waals surface area contributed by atoms with Crippen LogP contribution in [0.25, 0.3) is 0 Å². The molecule has 5 heteroatoms. The van der Waals surface area contributed by atoms with Crippen LogP contribution in [0.3, 0.4) is 0 Å². The molecule has 0 radical (unpaired) electrons. The van der Waals surface area contributed by atoms with Crippen molar-refractivity contribution in [2.24, 2.45) is 0 Å². The highest BCUT2D eigenvalue weighted by molar-refractivity contribution is 7.99. The number of H-pyrrole nitrogens is 1. The van der Waals surface area contributed by atoms with E-state index in [-0.39, 0.29) is 0 Å². The van der Waals surface area contributed by atoms with E-state index in [1.165, 1.54) is 11.8 Å². The number of aromatic nitrogens is 3. The van der Waals surface area contributed by atoms with Gasteiger partial charge >= 0.3 is 0 Å². The molecular weight excluding hydrogens is 206 g/mol. The second-order valence-corrected chi connectivity index (χ2v) is 3.89. The molecule has 3 nitrogen and oxygen atoms in total. The Morgan fingerprint density at radius 2 is 2.00 bits per heavy atom. The van der Waals surface area contributed by atoms with Gasteiger partial charge in [0.05, 0.1) is 6.20 Å². The van der Waals surface area contributed by atoms with Crippen molar-refractivity contribution in [1.82, 2.24) is 15.4 Å². The van der Waals surface area contributed by atoms with E-state index in [1.54, 1.807) is 6.20 Å². The lowest BCUT2D eigenvalue weighted by atomic mass is 10.4. The monoisotopic (exact) mass is 211 g/mol. The van der Waals surface area contributed by atoms with Crippen molar-refractivity contribution in [2.45, 2.75) is 9.92 Å². The van der Waals surface area contributed by atoms with Gasteiger partial charge < -0.3 is 0 Å². The topological polar surface area (TPSA) is 41.6 Å². The molecular formula is C8H6ClN3S. The molecule has 0 aliphatic rings. The maximum Gasteiger partial charge on any atom is 0.143 e. The maximum atomic E-state index is 5.75. The molecule has 1 N–H and O–H groups in total. The number of hydrogen-bond acceptors (Lipinski definition) is 3. The van der Waals surface area contributed by atoms with Crippen molar-refractivity contribution in [1.29, 1.82) is 0 Å². The lowest BCUT2D eigenvalue weighted by Gasteiger charge is -1.95. The zero-order valence-electron chi connectivity index (χ0n) is 6.57. The van der Waals surface area contributed by atoms with Gasteiger partial charge in [-0.15, -0.1) is 5.10 Å². The average molecular weight is 212 g/mol. The highest BCUT2D eigenvalue weighted by atomic mass is 35.5. The molecule has 0 aliphatic carbocycles. The molecule has 2 rings (SSSR count). The van der Waals surface area contributed by atoms with Gasteiger partial charge in [0.2, 0.25) is 0 Å². The Kier molecular flexibility index (Phi) is 2.52. The first-order chi connectivity index (χ1) is 6.34. The predicted octanol–water partition coefficient (Wildman–Crippen LogP) is 2.61. The van der Waals surface area contributed by atoms with Gasteiger partial charge in [-0.2, -0.15) is 10.3 Å². The first-order valence-corrected chi connectivity index (χ1v) is 4.83. The Morgan fingerprint density at radius 1 is 1.23 bits per heavy atom. The Morgan fingerprint density at radius 3 is 2.62 bits per heavy atom. The molecule has 1 aromatic carbocycles. The minimum atomic E-state index is 0.740. The number of nitrogens with one attached hydrogen (secondary N) is 1. The van der Waals surface area contributed by atoms with Gasteiger partial charge in [-0.25, -0.2) is 0 Å². The molecule has 0 saturated carbocycles. The second-order valence-electron chi connectivity index (χ2n) is 2.36. The van der Waals surface area contributed by atoms with Crippen molar-refractivity contribution < 1.29 is 0 Å². The lowest BCUT2D eigenvalue weighted by molar-refractivity contribution is 0.911. The minimum Gasteiger partial charge on any atom is -0.197 e. The molecule has 0 bridgehead atoms. The van der Waals surface area contributed by atoms with Crippen LogP contribution in [-0.4, -0.2) is 15.4 Å². The number of aromatic amines is 1. The van der Waals surface area contributed by atoms with E-state index < -0.39 is 0 Å². The van der Waals surface area contributed by atoms with E-state index in [0.29, 0.717) is 0 Å². The van der Waals surface area contributed by atoms with Crippen LogP contribution in [0, 0.1) is 0 Å². The van der Waals surface area contributed by atoms with Crippen LogP contribution in [0.1, 0.15) is 0 Å². The molecule has 0 atom stereocenters. The fraction of sp³-hybridized carbons (Fsp3) is 0. The van der Waals surface area contributed by atoms with Crippen molar-refractivity contribution in [3.8, 4) is 0 Å². The average Bonchev–Trinajstić information content (AvgIpc) is 2.62. The van der Waals surface area contributed by atoms with Gasteiger partial charge in [-0.05, 0) is 24.3 Å². The standard InChI is InChI=1S/C8H6ClN3S/c9-6-1-3-7(4-2-6)13-8-5-10-12-11-8/h1-5H,(H,10,11,12). The summed E-state index contributed by atoms with van der Waals surface area (Å²) in [4.78, 5) is 1.10. The second kappa shape index (κ2) is 3.81. The summed E-state index contributed by atoms with van der Waals surface area (Å²) in [5.74, 6) is 0. The maximum absolute atomic E-state index is 5.75. The van der Waals surface area contributed by atoms with Crippen molar-refractivity contribution in [3.63, 3.8) is 0 Å². The fourth-order valence-corrected chi connectivity index (χ4v) is 1.70. The van der Waals surface area contributed by atoms with Crippen LogP contribution in [0.5, 0.6) is 0 Å². The highest BCUT2D eigenvalue weighted by Gasteiger charge is 1.98. The number of rotatable bonds is 2. The van der Waals surface area contributed by atoms with Gasteiger partial charge in [-0.1, -0.05) is 23.4 Å². The third-order valence-electron chi connectivity index (χ3n) is 1.43. The summed E-state index contributed by atoms with van der Waals surface area (Å²) in [5, 5.41) is 11.8. The zero-order chi connectivity index (χ0) is 9.10. The van der Waals surface area contributed by atoms with E-state index >= 15 is 0 Å². The number of hydrogen-bond donors (Lipinski definition) is 1. The molecule has 0 amide bonds. The van der Waals surface area contributed by atoms with Crippen LogP contribution in [0.15, 0.2) is 40.4 Å². The quantitative estimate of drug-likeness (QED) is 0.830. The molecule has 0 unspecified atom stereocenters. The molecule has 2 aromatic rings. The summed E-state index contributed by atoms with van der Waals surface area (Å²) in [7, 11) is 0. The Labute approximate surface area is 84.5 Å². The van der Waals surface area contributed by atoms with E-state index in [9.17, 15) is 0 Å². The van der Waals surface area contributed by atoms with Gasteiger partial charge in [0.25, 0.3) is 0 Å². The zero-order valence-corrected chi connectivity index (χ0v) is 8.14. The highest BCUT2D eigenvalue weighted by Crippen LogP contribution is 2.25. The summed E-state index contributed by atoms with van der Waals surface area (Å²) in [6.45, 7) is 0. The number of benzene rings is 1. The van der Waals surface area contributed by atoms with Crippen LogP contribution in [0.2, 0.25) is 5.02 Å². The van der Waals surface area contributed by atoms with Crippen LogP contribution in [-0.2, 0) is 0 Å². The summed E-state index contributed by atoms with van der Waals surface area (Å²) in [5.41, 5.74) is 0. The van der Waals surface area contributed by atoms with E-state index in [2.05, 4.69) is 15.4 Å². The van der Waals surface area contributed by atoms with E-state index in [0.717, 1.165) is 14.9 Å². The fourth-order valence-electron chi connectivity index (χ4n) is 0.864. The molecule has 0 saturated heterocycles. The Bertz CT molecular complexity index is 371. The molecule has 0 fully saturated rings. The van der Waals surface area contributed by atoms with E-state index in [4.69, 9.17) is 11.6 Å². The molecule has 66 valence electrons. The third kappa shape index (κ3) is 2.23. The SMILES string of the molecule is Clc1ccc(Sc2cn[nH]n2)cc1. The summed E-state index contributed by atoms with van der Waals surface area (Å²) in [6.07, 6.45) is 1.68. The van der Waals surface area contributed by atoms with Gasteiger partial charge in [0.1, 0.15) is 5.03 Å². The van der Waals surface area contributed by atoms with Crippen molar-refractivity contribution in [2.75, 3.05) is 0 Å². The van der Waals surface area contributed by atoms with Gasteiger partial charge in [0, 0.05) is 9.92 Å². The van der Waals surface area contributed by atoms with E-state index in [1.807, 2.05) is 24.3 Å². The predicted molar refractivity (Wildman–Crippen MR) is 52.0 cm³/mol. The van der Waals surface area contributed by atoms with Crippen molar-refractivity contribution >= 4 is 23.4 Å².